The molecule has 19 heavy (non-hydrogen) atoms. The maximum Gasteiger partial charge on any atom is 0.0368 e. The fourth-order valence-corrected chi connectivity index (χ4v) is 2.41. The van der Waals surface area contributed by atoms with Crippen molar-refractivity contribution < 1.29 is 0 Å². The molecule has 1 aromatic rings. The van der Waals surface area contributed by atoms with Crippen LogP contribution in [0.25, 0.3) is 0 Å². The third-order valence-electron chi connectivity index (χ3n) is 3.45. The zero-order valence-electron chi connectivity index (χ0n) is 13.0. The van der Waals surface area contributed by atoms with Crippen LogP contribution in [0.15, 0.2) is 24.3 Å². The predicted molar refractivity (Wildman–Crippen MR) is 85.8 cm³/mol. The molecule has 2 N–H and O–H groups in total. The van der Waals surface area contributed by atoms with Crippen molar-refractivity contribution in [2.45, 2.75) is 65.5 Å². The molecule has 0 saturated heterocycles. The Labute approximate surface area is 119 Å². The molecule has 0 spiro atoms. The van der Waals surface area contributed by atoms with Crippen LogP contribution >= 0.6 is 0 Å². The van der Waals surface area contributed by atoms with Gasteiger partial charge in [0.2, 0.25) is 0 Å². The topological polar surface area (TPSA) is 29.3 Å². The zero-order chi connectivity index (χ0) is 14.3. The molecule has 0 amide bonds. The Kier molecular flexibility index (Phi) is 6.93. The Hall–Kier alpha value is -1.02. The second-order valence-electron chi connectivity index (χ2n) is 5.84. The summed E-state index contributed by atoms with van der Waals surface area (Å²) >= 11 is 0. The number of rotatable bonds is 8. The first-order valence-corrected chi connectivity index (χ1v) is 7.65. The molecular weight excluding hydrogens is 232 g/mol. The molecule has 0 aromatic heterocycles. The van der Waals surface area contributed by atoms with E-state index >= 15 is 0 Å². The Balaban J connectivity index is 2.68. The fraction of sp³-hybridized carbons (Fsp3) is 0.647. The molecule has 0 aliphatic carbocycles. The van der Waals surface area contributed by atoms with Crippen molar-refractivity contribution in [3.63, 3.8) is 0 Å². The summed E-state index contributed by atoms with van der Waals surface area (Å²) in [6, 6.07) is 9.70. The molecule has 1 aromatic carbocycles. The van der Waals surface area contributed by atoms with Crippen LogP contribution in [-0.4, -0.2) is 18.6 Å². The molecule has 108 valence electrons. The third-order valence-corrected chi connectivity index (χ3v) is 3.45. The summed E-state index contributed by atoms with van der Waals surface area (Å²) < 4.78 is 0. The van der Waals surface area contributed by atoms with Gasteiger partial charge in [-0.05, 0) is 51.3 Å². The maximum atomic E-state index is 5.84. The van der Waals surface area contributed by atoms with Crippen LogP contribution in [0.2, 0.25) is 0 Å². The lowest BCUT2D eigenvalue weighted by Gasteiger charge is -2.29. The van der Waals surface area contributed by atoms with Crippen LogP contribution in [0.5, 0.6) is 0 Å². The average Bonchev–Trinajstić information content (AvgIpc) is 2.35. The first kappa shape index (κ1) is 16.0. The molecule has 1 atom stereocenters. The Morgan fingerprint density at radius 3 is 2.16 bits per heavy atom. The Morgan fingerprint density at radius 1 is 1.05 bits per heavy atom. The van der Waals surface area contributed by atoms with Gasteiger partial charge in [0.05, 0.1) is 0 Å². The van der Waals surface area contributed by atoms with Gasteiger partial charge in [-0.15, -0.1) is 0 Å². The lowest BCUT2D eigenvalue weighted by Crippen LogP contribution is -2.31. The van der Waals surface area contributed by atoms with E-state index in [9.17, 15) is 0 Å². The Bertz CT molecular complexity index is 341. The summed E-state index contributed by atoms with van der Waals surface area (Å²) in [5.41, 5.74) is 8.50. The van der Waals surface area contributed by atoms with Crippen LogP contribution in [0.3, 0.4) is 0 Å². The first-order chi connectivity index (χ1) is 9.04. The summed E-state index contributed by atoms with van der Waals surface area (Å²) in [6.45, 7) is 9.99. The largest absolute Gasteiger partial charge is 0.369 e. The molecule has 1 unspecified atom stereocenters. The fourth-order valence-electron chi connectivity index (χ4n) is 2.41. The summed E-state index contributed by atoms with van der Waals surface area (Å²) in [6.07, 6.45) is 4.82. The summed E-state index contributed by atoms with van der Waals surface area (Å²) in [7, 11) is 0. The minimum absolute atomic E-state index is 0.233. The highest BCUT2D eigenvalue weighted by molar-refractivity contribution is 5.48. The number of hydrogen-bond donors (Lipinski definition) is 1. The zero-order valence-corrected chi connectivity index (χ0v) is 13.0. The van der Waals surface area contributed by atoms with E-state index in [1.807, 2.05) is 0 Å². The van der Waals surface area contributed by atoms with Crippen molar-refractivity contribution in [1.29, 1.82) is 0 Å². The van der Waals surface area contributed by atoms with E-state index in [1.54, 1.807) is 0 Å². The minimum Gasteiger partial charge on any atom is -0.369 e. The molecule has 0 saturated carbocycles. The number of nitrogens with zero attached hydrogens (tertiary/aromatic N) is 1. The highest BCUT2D eigenvalue weighted by Crippen LogP contribution is 2.19. The van der Waals surface area contributed by atoms with Gasteiger partial charge in [0.15, 0.2) is 0 Å². The molecular formula is C17H30N2. The van der Waals surface area contributed by atoms with Gasteiger partial charge >= 0.3 is 0 Å². The normalized spacial score (nSPS) is 12.7. The highest BCUT2D eigenvalue weighted by Gasteiger charge is 2.10. The van der Waals surface area contributed by atoms with Crippen molar-refractivity contribution >= 4 is 5.69 Å². The summed E-state index contributed by atoms with van der Waals surface area (Å²) in [5.74, 6) is 0. The smallest absolute Gasteiger partial charge is 0.0368 e. The van der Waals surface area contributed by atoms with Crippen molar-refractivity contribution in [2.75, 3.05) is 11.4 Å². The summed E-state index contributed by atoms with van der Waals surface area (Å²) in [5, 5.41) is 0. The monoisotopic (exact) mass is 262 g/mol. The third kappa shape index (κ3) is 5.65. The second kappa shape index (κ2) is 8.21. The van der Waals surface area contributed by atoms with Gasteiger partial charge in [-0.1, -0.05) is 31.9 Å². The quantitative estimate of drug-likeness (QED) is 0.718. The van der Waals surface area contributed by atoms with Crippen molar-refractivity contribution in [1.82, 2.24) is 0 Å². The van der Waals surface area contributed by atoms with Crippen LogP contribution in [0.4, 0.5) is 5.69 Å². The van der Waals surface area contributed by atoms with Crippen LogP contribution in [0.1, 0.15) is 52.5 Å². The van der Waals surface area contributed by atoms with E-state index in [-0.39, 0.29) is 6.04 Å². The number of nitrogens with two attached hydrogens (primary N) is 1. The van der Waals surface area contributed by atoms with E-state index in [0.717, 1.165) is 13.0 Å². The molecule has 0 fully saturated rings. The van der Waals surface area contributed by atoms with Crippen molar-refractivity contribution in [3.8, 4) is 0 Å². The van der Waals surface area contributed by atoms with Crippen LogP contribution in [-0.2, 0) is 6.42 Å². The van der Waals surface area contributed by atoms with E-state index in [2.05, 4.69) is 56.9 Å². The first-order valence-electron chi connectivity index (χ1n) is 7.65. The van der Waals surface area contributed by atoms with Gasteiger partial charge in [-0.3, -0.25) is 0 Å². The molecule has 1 rings (SSSR count). The van der Waals surface area contributed by atoms with Crippen molar-refractivity contribution in [2.24, 2.45) is 5.73 Å². The molecule has 2 nitrogen and oxygen atoms in total. The number of hydrogen-bond acceptors (Lipinski definition) is 2. The predicted octanol–water partition coefficient (Wildman–Crippen LogP) is 3.98. The van der Waals surface area contributed by atoms with Gasteiger partial charge in [-0.2, -0.15) is 0 Å². The molecule has 0 heterocycles. The molecule has 0 radical (unpaired) electrons. The number of benzene rings is 1. The van der Waals surface area contributed by atoms with Gasteiger partial charge in [-0.25, -0.2) is 0 Å². The highest BCUT2D eigenvalue weighted by atomic mass is 15.1. The van der Waals surface area contributed by atoms with E-state index in [4.69, 9.17) is 5.73 Å². The van der Waals surface area contributed by atoms with Gasteiger partial charge < -0.3 is 10.6 Å². The molecule has 0 bridgehead atoms. The van der Waals surface area contributed by atoms with Crippen LogP contribution < -0.4 is 10.6 Å². The van der Waals surface area contributed by atoms with Gasteiger partial charge in [0.1, 0.15) is 0 Å². The SMILES string of the molecule is CCCCCN(c1ccc(CC(C)N)cc1)C(C)C. The second-order valence-corrected chi connectivity index (χ2v) is 5.84. The standard InChI is InChI=1S/C17H30N2/c1-5-6-7-12-19(14(2)3)17-10-8-16(9-11-17)13-15(4)18/h8-11,14-15H,5-7,12-13,18H2,1-4H3. The van der Waals surface area contributed by atoms with Gasteiger partial charge in [0, 0.05) is 24.3 Å². The lowest BCUT2D eigenvalue weighted by molar-refractivity contribution is 0.626. The van der Waals surface area contributed by atoms with E-state index in [0.29, 0.717) is 6.04 Å². The average molecular weight is 262 g/mol. The van der Waals surface area contributed by atoms with E-state index < -0.39 is 0 Å². The molecule has 2 heteroatoms. The number of unbranched alkanes of at least 4 members (excludes halogenated alkanes) is 2. The van der Waals surface area contributed by atoms with Crippen LogP contribution in [0, 0.1) is 0 Å². The lowest BCUT2D eigenvalue weighted by atomic mass is 10.1. The van der Waals surface area contributed by atoms with E-state index in [1.165, 1.54) is 30.5 Å². The molecule has 0 aliphatic rings. The van der Waals surface area contributed by atoms with Crippen molar-refractivity contribution in [3.05, 3.63) is 29.8 Å². The molecule has 0 aliphatic heterocycles. The Morgan fingerprint density at radius 2 is 1.68 bits per heavy atom. The number of anilines is 1. The summed E-state index contributed by atoms with van der Waals surface area (Å²) in [4.78, 5) is 2.49. The van der Waals surface area contributed by atoms with Gasteiger partial charge in [0.25, 0.3) is 0 Å². The minimum atomic E-state index is 0.233. The maximum absolute atomic E-state index is 5.84.